The third kappa shape index (κ3) is 5.67. The van der Waals surface area contributed by atoms with E-state index in [-0.39, 0.29) is 17.9 Å². The summed E-state index contributed by atoms with van der Waals surface area (Å²) >= 11 is 6.19. The Morgan fingerprint density at radius 1 is 1.11 bits per heavy atom. The number of hydrogen-bond acceptors (Lipinski definition) is 6. The molecule has 38 heavy (non-hydrogen) atoms. The van der Waals surface area contributed by atoms with Crippen LogP contribution in [-0.2, 0) is 16.0 Å². The van der Waals surface area contributed by atoms with Gasteiger partial charge in [0.15, 0.2) is 6.61 Å². The summed E-state index contributed by atoms with van der Waals surface area (Å²) in [6.07, 6.45) is 1.61. The van der Waals surface area contributed by atoms with E-state index in [4.69, 9.17) is 26.2 Å². The van der Waals surface area contributed by atoms with E-state index in [0.717, 1.165) is 17.0 Å². The van der Waals surface area contributed by atoms with Crippen LogP contribution >= 0.6 is 11.6 Å². The van der Waals surface area contributed by atoms with Gasteiger partial charge in [-0.1, -0.05) is 37.6 Å². The third-order valence-corrected chi connectivity index (χ3v) is 7.49. The van der Waals surface area contributed by atoms with Crippen molar-refractivity contribution < 1.29 is 29.0 Å². The van der Waals surface area contributed by atoms with Gasteiger partial charge in [0.25, 0.3) is 5.91 Å². The Labute approximate surface area is 227 Å². The second-order valence-corrected chi connectivity index (χ2v) is 10.6. The van der Waals surface area contributed by atoms with Crippen LogP contribution in [0.5, 0.6) is 11.5 Å². The molecule has 2 saturated heterocycles. The molecule has 0 unspecified atom stereocenters. The van der Waals surface area contributed by atoms with E-state index in [0.29, 0.717) is 56.2 Å². The number of amides is 3. The Kier molecular flexibility index (Phi) is 8.35. The molecule has 0 bridgehead atoms. The molecule has 0 atom stereocenters. The predicted octanol–water partition coefficient (Wildman–Crippen LogP) is 4.31. The SMILES string of the molecule is COc1ccc(CCN2C(=O)N(CC(C)C)C(=O)C23CCN(c2ccc(Cl)c(OCC(=O)O)c2)CC3)cc1. The zero-order chi connectivity index (χ0) is 27.4. The van der Waals surface area contributed by atoms with Crippen LogP contribution in [0.4, 0.5) is 10.5 Å². The van der Waals surface area contributed by atoms with Gasteiger partial charge < -0.3 is 24.4 Å². The maximum Gasteiger partial charge on any atom is 0.341 e. The number of carbonyl (C=O) groups excluding carboxylic acids is 2. The molecular weight excluding hydrogens is 510 g/mol. The van der Waals surface area contributed by atoms with E-state index in [1.54, 1.807) is 24.1 Å². The van der Waals surface area contributed by atoms with Crippen molar-refractivity contribution in [2.45, 2.75) is 38.6 Å². The van der Waals surface area contributed by atoms with Gasteiger partial charge in [-0.15, -0.1) is 0 Å². The summed E-state index contributed by atoms with van der Waals surface area (Å²) in [6.45, 7) is 5.45. The summed E-state index contributed by atoms with van der Waals surface area (Å²) in [5.41, 5.74) is 1.01. The Morgan fingerprint density at radius 2 is 1.79 bits per heavy atom. The molecule has 2 aliphatic heterocycles. The van der Waals surface area contributed by atoms with E-state index in [9.17, 15) is 14.4 Å². The standard InChI is InChI=1S/C28H34ClN3O6/c1-19(2)17-31-26(35)28(32(27(31)36)13-10-20-4-7-22(37-3)8-5-20)11-14-30(15-12-28)21-6-9-23(29)24(16-21)38-18-25(33)34/h4-9,16,19H,10-15,17-18H2,1-3H3,(H,33,34). The van der Waals surface area contributed by atoms with Gasteiger partial charge >= 0.3 is 12.0 Å². The van der Waals surface area contributed by atoms with Crippen molar-refractivity contribution in [2.75, 3.05) is 44.8 Å². The smallest absolute Gasteiger partial charge is 0.341 e. The minimum atomic E-state index is -1.09. The minimum absolute atomic E-state index is 0.118. The molecule has 3 amide bonds. The fourth-order valence-electron chi connectivity index (χ4n) is 5.21. The lowest BCUT2D eigenvalue weighted by atomic mass is 9.85. The topological polar surface area (TPSA) is 99.6 Å². The molecule has 10 heteroatoms. The summed E-state index contributed by atoms with van der Waals surface area (Å²) in [5, 5.41) is 9.26. The van der Waals surface area contributed by atoms with Gasteiger partial charge in [0.05, 0.1) is 12.1 Å². The number of piperidine rings is 1. The van der Waals surface area contributed by atoms with Crippen LogP contribution in [0.15, 0.2) is 42.5 Å². The quantitative estimate of drug-likeness (QED) is 0.446. The first kappa shape index (κ1) is 27.6. The van der Waals surface area contributed by atoms with Crippen LogP contribution in [0, 0.1) is 5.92 Å². The number of ether oxygens (including phenoxy) is 2. The summed E-state index contributed by atoms with van der Waals surface area (Å²) in [4.78, 5) is 43.5. The largest absolute Gasteiger partial charge is 0.497 e. The maximum absolute atomic E-state index is 13.8. The molecule has 0 radical (unpaired) electrons. The van der Waals surface area contributed by atoms with Gasteiger partial charge in [0, 0.05) is 37.9 Å². The first-order valence-electron chi connectivity index (χ1n) is 12.8. The number of halogens is 1. The van der Waals surface area contributed by atoms with E-state index in [1.807, 2.05) is 44.2 Å². The molecule has 0 saturated carbocycles. The van der Waals surface area contributed by atoms with Gasteiger partial charge in [-0.3, -0.25) is 9.69 Å². The van der Waals surface area contributed by atoms with Crippen molar-refractivity contribution in [2.24, 2.45) is 5.92 Å². The average Bonchev–Trinajstić information content (AvgIpc) is 3.08. The van der Waals surface area contributed by atoms with E-state index in [1.165, 1.54) is 4.90 Å². The molecule has 2 aromatic rings. The molecule has 2 aromatic carbocycles. The fraction of sp³-hybridized carbons (Fsp3) is 0.464. The van der Waals surface area contributed by atoms with Crippen molar-refractivity contribution in [1.82, 2.24) is 9.80 Å². The number of anilines is 1. The lowest BCUT2D eigenvalue weighted by Crippen LogP contribution is -2.57. The molecule has 4 rings (SSSR count). The number of benzene rings is 2. The number of urea groups is 1. The van der Waals surface area contributed by atoms with Crippen molar-refractivity contribution >= 4 is 35.2 Å². The van der Waals surface area contributed by atoms with Gasteiger partial charge in [-0.25, -0.2) is 9.59 Å². The number of rotatable bonds is 10. The van der Waals surface area contributed by atoms with Crippen LogP contribution in [0.3, 0.4) is 0 Å². The van der Waals surface area contributed by atoms with E-state index >= 15 is 0 Å². The van der Waals surface area contributed by atoms with Crippen molar-refractivity contribution in [3.05, 3.63) is 53.1 Å². The lowest BCUT2D eigenvalue weighted by molar-refractivity contribution is -0.139. The number of nitrogens with zero attached hydrogens (tertiary/aromatic N) is 3. The average molecular weight is 544 g/mol. The van der Waals surface area contributed by atoms with Crippen molar-refractivity contribution in [3.8, 4) is 11.5 Å². The molecule has 9 nitrogen and oxygen atoms in total. The first-order chi connectivity index (χ1) is 18.1. The highest BCUT2D eigenvalue weighted by Crippen LogP contribution is 2.40. The van der Waals surface area contributed by atoms with E-state index < -0.39 is 18.1 Å². The molecule has 1 spiro atoms. The van der Waals surface area contributed by atoms with Gasteiger partial charge in [0.2, 0.25) is 0 Å². The number of hydrogen-bond donors (Lipinski definition) is 1. The predicted molar refractivity (Wildman–Crippen MR) is 144 cm³/mol. The molecule has 1 N–H and O–H groups in total. The molecule has 204 valence electrons. The van der Waals surface area contributed by atoms with Gasteiger partial charge in [0.1, 0.15) is 17.0 Å². The molecular formula is C28H34ClN3O6. The maximum atomic E-state index is 13.8. The highest BCUT2D eigenvalue weighted by atomic mass is 35.5. The first-order valence-corrected chi connectivity index (χ1v) is 13.2. The molecule has 0 aliphatic carbocycles. The summed E-state index contributed by atoms with van der Waals surface area (Å²) in [6, 6.07) is 12.8. The zero-order valence-electron chi connectivity index (χ0n) is 22.0. The Hall–Kier alpha value is -3.46. The highest BCUT2D eigenvalue weighted by molar-refractivity contribution is 6.32. The van der Waals surface area contributed by atoms with E-state index in [2.05, 4.69) is 4.90 Å². The Bertz CT molecular complexity index is 1180. The number of methoxy groups -OCH3 is 1. The Balaban J connectivity index is 1.52. The molecule has 2 fully saturated rings. The summed E-state index contributed by atoms with van der Waals surface area (Å²) in [5.74, 6) is 0.0264. The number of aliphatic carboxylic acids is 1. The summed E-state index contributed by atoms with van der Waals surface area (Å²) in [7, 11) is 1.62. The molecule has 2 heterocycles. The Morgan fingerprint density at radius 3 is 2.39 bits per heavy atom. The number of carbonyl (C=O) groups is 3. The van der Waals surface area contributed by atoms with Gasteiger partial charge in [-0.2, -0.15) is 0 Å². The highest BCUT2D eigenvalue weighted by Gasteiger charge is 2.57. The summed E-state index contributed by atoms with van der Waals surface area (Å²) < 4.78 is 10.6. The number of carboxylic acid groups (broad SMARTS) is 1. The third-order valence-electron chi connectivity index (χ3n) is 7.17. The van der Waals surface area contributed by atoms with Crippen LogP contribution in [0.25, 0.3) is 0 Å². The number of carboxylic acids is 1. The monoisotopic (exact) mass is 543 g/mol. The normalized spacial score (nSPS) is 17.0. The minimum Gasteiger partial charge on any atom is -0.497 e. The van der Waals surface area contributed by atoms with Crippen LogP contribution < -0.4 is 14.4 Å². The second kappa shape index (κ2) is 11.5. The molecule has 0 aromatic heterocycles. The van der Waals surface area contributed by atoms with Crippen molar-refractivity contribution in [1.29, 1.82) is 0 Å². The van der Waals surface area contributed by atoms with Crippen LogP contribution in [0.2, 0.25) is 5.02 Å². The zero-order valence-corrected chi connectivity index (χ0v) is 22.7. The van der Waals surface area contributed by atoms with Crippen LogP contribution in [0.1, 0.15) is 32.3 Å². The second-order valence-electron chi connectivity index (χ2n) is 10.2. The van der Waals surface area contributed by atoms with Crippen molar-refractivity contribution in [3.63, 3.8) is 0 Å². The van der Waals surface area contributed by atoms with Crippen LogP contribution in [-0.4, -0.2) is 78.2 Å². The lowest BCUT2D eigenvalue weighted by Gasteiger charge is -2.43. The fourth-order valence-corrected chi connectivity index (χ4v) is 5.38. The number of imide groups is 1. The molecule has 2 aliphatic rings. The van der Waals surface area contributed by atoms with Gasteiger partial charge in [-0.05, 0) is 55.0 Å².